The number of carbonyl (C=O) groups is 2. The number of aromatic carboxylic acids is 1. The molecule has 100 valence electrons. The zero-order valence-electron chi connectivity index (χ0n) is 10.5. The second-order valence-electron chi connectivity index (χ2n) is 4.52. The molecule has 1 aliphatic rings. The fourth-order valence-corrected chi connectivity index (χ4v) is 2.21. The quantitative estimate of drug-likeness (QED) is 0.889. The van der Waals surface area contributed by atoms with Gasteiger partial charge in [-0.15, -0.1) is 0 Å². The number of benzene rings is 1. The van der Waals surface area contributed by atoms with Gasteiger partial charge in [0.1, 0.15) is 5.69 Å². The number of aromatic nitrogens is 2. The molecule has 6 nitrogen and oxygen atoms in total. The minimum absolute atomic E-state index is 0.0534. The summed E-state index contributed by atoms with van der Waals surface area (Å²) in [6.07, 6.45) is 2.41. The first-order valence-electron chi connectivity index (χ1n) is 6.06. The van der Waals surface area contributed by atoms with Gasteiger partial charge in [-0.1, -0.05) is 24.3 Å². The third-order valence-electron chi connectivity index (χ3n) is 3.20. The maximum absolute atomic E-state index is 12.3. The van der Waals surface area contributed by atoms with Gasteiger partial charge in [-0.3, -0.25) is 9.78 Å². The van der Waals surface area contributed by atoms with Gasteiger partial charge >= 0.3 is 5.97 Å². The van der Waals surface area contributed by atoms with Crippen molar-refractivity contribution in [2.45, 2.75) is 13.1 Å². The highest BCUT2D eigenvalue weighted by atomic mass is 16.4. The van der Waals surface area contributed by atoms with Gasteiger partial charge in [0.15, 0.2) is 5.69 Å². The van der Waals surface area contributed by atoms with Crippen LogP contribution in [0.1, 0.15) is 32.1 Å². The molecule has 0 saturated heterocycles. The van der Waals surface area contributed by atoms with Gasteiger partial charge in [0.05, 0.1) is 12.4 Å². The Kier molecular flexibility index (Phi) is 2.90. The highest BCUT2D eigenvalue weighted by Crippen LogP contribution is 2.23. The van der Waals surface area contributed by atoms with Gasteiger partial charge in [-0.25, -0.2) is 9.78 Å². The van der Waals surface area contributed by atoms with Crippen LogP contribution in [0.3, 0.4) is 0 Å². The van der Waals surface area contributed by atoms with Crippen LogP contribution < -0.4 is 0 Å². The molecule has 2 heterocycles. The SMILES string of the molecule is O=C(O)c1cncc(C(=O)N2Cc3ccccc3C2)n1. The van der Waals surface area contributed by atoms with Crippen LogP contribution in [-0.4, -0.2) is 31.9 Å². The first-order valence-corrected chi connectivity index (χ1v) is 6.06. The molecule has 1 aromatic carbocycles. The van der Waals surface area contributed by atoms with Crippen molar-refractivity contribution in [2.24, 2.45) is 0 Å². The predicted molar refractivity (Wildman–Crippen MR) is 69.0 cm³/mol. The summed E-state index contributed by atoms with van der Waals surface area (Å²) in [5, 5.41) is 8.87. The van der Waals surface area contributed by atoms with Crippen LogP contribution in [-0.2, 0) is 13.1 Å². The smallest absolute Gasteiger partial charge is 0.356 e. The fourth-order valence-electron chi connectivity index (χ4n) is 2.21. The lowest BCUT2D eigenvalue weighted by molar-refractivity contribution is 0.0689. The zero-order chi connectivity index (χ0) is 14.1. The van der Waals surface area contributed by atoms with Crippen LogP contribution in [0.25, 0.3) is 0 Å². The molecule has 0 radical (unpaired) electrons. The Morgan fingerprint density at radius 1 is 1.05 bits per heavy atom. The minimum atomic E-state index is -1.20. The van der Waals surface area contributed by atoms with Gasteiger partial charge in [-0.05, 0) is 11.1 Å². The van der Waals surface area contributed by atoms with E-state index in [2.05, 4.69) is 9.97 Å². The Balaban J connectivity index is 1.85. The second-order valence-corrected chi connectivity index (χ2v) is 4.52. The predicted octanol–water partition coefficient (Wildman–Crippen LogP) is 1.33. The molecule has 1 aliphatic heterocycles. The molecule has 0 aliphatic carbocycles. The maximum atomic E-state index is 12.3. The number of amides is 1. The number of rotatable bonds is 2. The molecule has 6 heteroatoms. The third-order valence-corrected chi connectivity index (χ3v) is 3.20. The maximum Gasteiger partial charge on any atom is 0.356 e. The Labute approximate surface area is 114 Å². The Morgan fingerprint density at radius 2 is 1.65 bits per heavy atom. The van der Waals surface area contributed by atoms with Crippen LogP contribution >= 0.6 is 0 Å². The van der Waals surface area contributed by atoms with Crippen molar-refractivity contribution in [3.05, 3.63) is 59.2 Å². The van der Waals surface area contributed by atoms with Crippen molar-refractivity contribution in [2.75, 3.05) is 0 Å². The number of hydrogen-bond donors (Lipinski definition) is 1. The van der Waals surface area contributed by atoms with E-state index in [1.165, 1.54) is 6.20 Å². The molecule has 1 amide bonds. The normalized spacial score (nSPS) is 13.1. The van der Waals surface area contributed by atoms with Crippen LogP contribution in [0.2, 0.25) is 0 Å². The lowest BCUT2D eigenvalue weighted by atomic mass is 10.1. The topological polar surface area (TPSA) is 83.4 Å². The van der Waals surface area contributed by atoms with Gasteiger partial charge in [0.2, 0.25) is 0 Å². The molecule has 0 fully saturated rings. The van der Waals surface area contributed by atoms with E-state index in [-0.39, 0.29) is 17.3 Å². The molecule has 0 saturated carbocycles. The molecule has 1 N–H and O–H groups in total. The molecule has 0 bridgehead atoms. The Hall–Kier alpha value is -2.76. The summed E-state index contributed by atoms with van der Waals surface area (Å²) in [5.74, 6) is -1.51. The average Bonchev–Trinajstić information content (AvgIpc) is 2.90. The molecular weight excluding hydrogens is 258 g/mol. The first kappa shape index (κ1) is 12.3. The zero-order valence-corrected chi connectivity index (χ0v) is 10.5. The number of carboxylic acid groups (broad SMARTS) is 1. The summed E-state index contributed by atoms with van der Waals surface area (Å²) in [5.41, 5.74) is 2.02. The summed E-state index contributed by atoms with van der Waals surface area (Å²) in [6.45, 7) is 1.02. The summed E-state index contributed by atoms with van der Waals surface area (Å²) < 4.78 is 0. The number of carboxylic acids is 1. The lowest BCUT2D eigenvalue weighted by Gasteiger charge is -2.14. The van der Waals surface area contributed by atoms with Crippen molar-refractivity contribution in [3.63, 3.8) is 0 Å². The first-order chi connectivity index (χ1) is 9.65. The summed E-state index contributed by atoms with van der Waals surface area (Å²) in [7, 11) is 0. The van der Waals surface area contributed by atoms with Gasteiger partial charge < -0.3 is 10.0 Å². The van der Waals surface area contributed by atoms with Crippen molar-refractivity contribution in [1.29, 1.82) is 0 Å². The van der Waals surface area contributed by atoms with Crippen molar-refractivity contribution >= 4 is 11.9 Å². The third kappa shape index (κ3) is 2.11. The van der Waals surface area contributed by atoms with E-state index in [0.29, 0.717) is 13.1 Å². The van der Waals surface area contributed by atoms with Crippen LogP contribution in [0, 0.1) is 0 Å². The van der Waals surface area contributed by atoms with E-state index in [4.69, 9.17) is 5.11 Å². The molecule has 2 aromatic rings. The van der Waals surface area contributed by atoms with E-state index in [0.717, 1.165) is 17.3 Å². The van der Waals surface area contributed by atoms with Gasteiger partial charge in [-0.2, -0.15) is 0 Å². The van der Waals surface area contributed by atoms with E-state index < -0.39 is 5.97 Å². The summed E-state index contributed by atoms with van der Waals surface area (Å²) in [4.78, 5) is 32.4. The summed E-state index contributed by atoms with van der Waals surface area (Å²) in [6, 6.07) is 7.80. The molecule has 0 spiro atoms. The Bertz CT molecular complexity index is 675. The van der Waals surface area contributed by atoms with E-state index >= 15 is 0 Å². The van der Waals surface area contributed by atoms with Crippen LogP contribution in [0.5, 0.6) is 0 Å². The van der Waals surface area contributed by atoms with E-state index in [1.807, 2.05) is 24.3 Å². The monoisotopic (exact) mass is 269 g/mol. The number of fused-ring (bicyclic) bond motifs is 1. The standard InChI is InChI=1S/C14H11N3O3/c18-13(11-5-15-6-12(16-11)14(19)20)17-7-9-3-1-2-4-10(9)8-17/h1-6H,7-8H2,(H,19,20). The lowest BCUT2D eigenvalue weighted by Crippen LogP contribution is -2.26. The van der Waals surface area contributed by atoms with Crippen LogP contribution in [0.4, 0.5) is 0 Å². The molecule has 0 unspecified atom stereocenters. The molecule has 1 aromatic heterocycles. The van der Waals surface area contributed by atoms with Gasteiger partial charge in [0.25, 0.3) is 5.91 Å². The highest BCUT2D eigenvalue weighted by Gasteiger charge is 2.25. The van der Waals surface area contributed by atoms with E-state index in [9.17, 15) is 9.59 Å². The van der Waals surface area contributed by atoms with Crippen molar-refractivity contribution in [1.82, 2.24) is 14.9 Å². The minimum Gasteiger partial charge on any atom is -0.476 e. The molecule has 20 heavy (non-hydrogen) atoms. The largest absolute Gasteiger partial charge is 0.476 e. The highest BCUT2D eigenvalue weighted by molar-refractivity contribution is 5.94. The fraction of sp³-hybridized carbons (Fsp3) is 0.143. The van der Waals surface area contributed by atoms with E-state index in [1.54, 1.807) is 4.90 Å². The van der Waals surface area contributed by atoms with Crippen molar-refractivity contribution in [3.8, 4) is 0 Å². The molecule has 0 atom stereocenters. The number of carbonyl (C=O) groups excluding carboxylic acids is 1. The number of hydrogen-bond acceptors (Lipinski definition) is 4. The average molecular weight is 269 g/mol. The molecule has 3 rings (SSSR count). The van der Waals surface area contributed by atoms with Crippen molar-refractivity contribution < 1.29 is 14.7 Å². The van der Waals surface area contributed by atoms with Gasteiger partial charge in [0, 0.05) is 13.1 Å². The second kappa shape index (κ2) is 4.73. The Morgan fingerprint density at radius 3 is 2.25 bits per heavy atom. The molecular formula is C14H11N3O3. The number of nitrogens with zero attached hydrogens (tertiary/aromatic N) is 3. The van der Waals surface area contributed by atoms with Crippen LogP contribution in [0.15, 0.2) is 36.7 Å². The summed E-state index contributed by atoms with van der Waals surface area (Å²) >= 11 is 0.